The summed E-state index contributed by atoms with van der Waals surface area (Å²) >= 11 is 0. The standard InChI is InChI=1S/C17H26N4O2/c1-11(2)14-9-20(10-15(14)19-12(3)22)17(23)13-8-18-21-7-5-4-6-16(13)21/h8,11,14-15H,4-7,9-10H2,1-3H3,(H,19,22). The van der Waals surface area contributed by atoms with Gasteiger partial charge in [-0.2, -0.15) is 5.10 Å². The van der Waals surface area contributed by atoms with Gasteiger partial charge in [0.05, 0.1) is 23.5 Å². The largest absolute Gasteiger partial charge is 0.351 e. The highest BCUT2D eigenvalue weighted by Gasteiger charge is 2.38. The zero-order chi connectivity index (χ0) is 16.6. The Bertz CT molecular complexity index is 608. The van der Waals surface area contributed by atoms with Crippen molar-refractivity contribution in [3.8, 4) is 0 Å². The van der Waals surface area contributed by atoms with Crippen LogP contribution in [0.4, 0.5) is 0 Å². The maximum Gasteiger partial charge on any atom is 0.257 e. The number of likely N-dealkylation sites (tertiary alicyclic amines) is 1. The molecule has 0 spiro atoms. The van der Waals surface area contributed by atoms with Crippen molar-refractivity contribution in [2.24, 2.45) is 11.8 Å². The molecule has 2 aliphatic rings. The molecule has 1 aromatic rings. The van der Waals surface area contributed by atoms with Crippen LogP contribution in [0.15, 0.2) is 6.20 Å². The van der Waals surface area contributed by atoms with Crippen molar-refractivity contribution in [1.82, 2.24) is 20.0 Å². The highest BCUT2D eigenvalue weighted by Crippen LogP contribution is 2.27. The summed E-state index contributed by atoms with van der Waals surface area (Å²) < 4.78 is 1.97. The minimum Gasteiger partial charge on any atom is -0.351 e. The van der Waals surface area contributed by atoms with E-state index in [1.54, 1.807) is 6.20 Å². The minimum atomic E-state index is -0.0298. The highest BCUT2D eigenvalue weighted by atomic mass is 16.2. The fourth-order valence-electron chi connectivity index (χ4n) is 3.85. The first kappa shape index (κ1) is 16.0. The van der Waals surface area contributed by atoms with E-state index in [9.17, 15) is 9.59 Å². The number of rotatable bonds is 3. The molecule has 1 aromatic heterocycles. The first-order valence-corrected chi connectivity index (χ1v) is 8.58. The lowest BCUT2D eigenvalue weighted by atomic mass is 9.91. The van der Waals surface area contributed by atoms with Crippen LogP contribution in [0.3, 0.4) is 0 Å². The van der Waals surface area contributed by atoms with E-state index in [0.717, 1.165) is 37.1 Å². The van der Waals surface area contributed by atoms with Gasteiger partial charge >= 0.3 is 0 Å². The van der Waals surface area contributed by atoms with Crippen molar-refractivity contribution >= 4 is 11.8 Å². The van der Waals surface area contributed by atoms with Gasteiger partial charge in [0, 0.05) is 32.5 Å². The maximum absolute atomic E-state index is 12.9. The van der Waals surface area contributed by atoms with Crippen LogP contribution in [0.2, 0.25) is 0 Å². The molecule has 3 heterocycles. The molecule has 0 radical (unpaired) electrons. The maximum atomic E-state index is 12.9. The predicted molar refractivity (Wildman–Crippen MR) is 87.0 cm³/mol. The van der Waals surface area contributed by atoms with Crippen molar-refractivity contribution in [2.75, 3.05) is 13.1 Å². The molecule has 2 aliphatic heterocycles. The van der Waals surface area contributed by atoms with Gasteiger partial charge in [0.1, 0.15) is 0 Å². The molecule has 1 saturated heterocycles. The monoisotopic (exact) mass is 318 g/mol. The molecular formula is C17H26N4O2. The molecule has 0 bridgehead atoms. The Morgan fingerprint density at radius 2 is 2.09 bits per heavy atom. The fourth-order valence-corrected chi connectivity index (χ4v) is 3.85. The molecular weight excluding hydrogens is 292 g/mol. The van der Waals surface area contributed by atoms with Crippen LogP contribution in [0, 0.1) is 11.8 Å². The number of aryl methyl sites for hydroxylation is 1. The summed E-state index contributed by atoms with van der Waals surface area (Å²) in [4.78, 5) is 26.3. The molecule has 6 heteroatoms. The second-order valence-electron chi connectivity index (χ2n) is 7.11. The zero-order valence-electron chi connectivity index (χ0n) is 14.2. The molecule has 0 aromatic carbocycles. The van der Waals surface area contributed by atoms with Crippen molar-refractivity contribution in [1.29, 1.82) is 0 Å². The quantitative estimate of drug-likeness (QED) is 0.917. The van der Waals surface area contributed by atoms with Crippen molar-refractivity contribution in [2.45, 2.75) is 52.6 Å². The van der Waals surface area contributed by atoms with Gasteiger partial charge in [-0.1, -0.05) is 13.8 Å². The molecule has 3 rings (SSSR count). The Kier molecular flexibility index (Phi) is 4.41. The topological polar surface area (TPSA) is 67.2 Å². The number of nitrogens with one attached hydrogen (secondary N) is 1. The van der Waals surface area contributed by atoms with E-state index in [-0.39, 0.29) is 17.9 Å². The second kappa shape index (κ2) is 6.34. The fraction of sp³-hybridized carbons (Fsp3) is 0.706. The van der Waals surface area contributed by atoms with Gasteiger partial charge in [-0.15, -0.1) is 0 Å². The van der Waals surface area contributed by atoms with E-state index in [4.69, 9.17) is 0 Å². The van der Waals surface area contributed by atoms with Crippen LogP contribution in [-0.4, -0.2) is 45.6 Å². The van der Waals surface area contributed by atoms with Crippen LogP contribution >= 0.6 is 0 Å². The van der Waals surface area contributed by atoms with Gasteiger partial charge in [0.25, 0.3) is 5.91 Å². The molecule has 23 heavy (non-hydrogen) atoms. The van der Waals surface area contributed by atoms with Crippen molar-refractivity contribution < 1.29 is 9.59 Å². The number of amides is 2. The average Bonchev–Trinajstić information content (AvgIpc) is 3.10. The third kappa shape index (κ3) is 3.12. The van der Waals surface area contributed by atoms with E-state index in [2.05, 4.69) is 24.3 Å². The van der Waals surface area contributed by atoms with Crippen LogP contribution in [0.25, 0.3) is 0 Å². The van der Waals surface area contributed by atoms with Gasteiger partial charge in [-0.05, 0) is 25.2 Å². The molecule has 0 saturated carbocycles. The third-order valence-corrected chi connectivity index (χ3v) is 5.11. The molecule has 1 N–H and O–H groups in total. The molecule has 6 nitrogen and oxygen atoms in total. The van der Waals surface area contributed by atoms with Gasteiger partial charge < -0.3 is 10.2 Å². The molecule has 2 atom stereocenters. The lowest BCUT2D eigenvalue weighted by Crippen LogP contribution is -2.41. The first-order chi connectivity index (χ1) is 11.0. The SMILES string of the molecule is CC(=O)NC1CN(C(=O)c2cnn3c2CCCC3)CC1C(C)C. The average molecular weight is 318 g/mol. The van der Waals surface area contributed by atoms with Gasteiger partial charge in [-0.3, -0.25) is 14.3 Å². The molecule has 2 amide bonds. The molecule has 0 aliphatic carbocycles. The normalized spacial score (nSPS) is 23.9. The van der Waals surface area contributed by atoms with Crippen LogP contribution in [0.1, 0.15) is 49.7 Å². The second-order valence-corrected chi connectivity index (χ2v) is 7.11. The highest BCUT2D eigenvalue weighted by molar-refractivity contribution is 5.95. The number of hydrogen-bond donors (Lipinski definition) is 1. The number of fused-ring (bicyclic) bond motifs is 1. The van der Waals surface area contributed by atoms with Gasteiger partial charge in [0.2, 0.25) is 5.91 Å². The summed E-state index contributed by atoms with van der Waals surface area (Å²) in [6, 6.07) is 0.0443. The summed E-state index contributed by atoms with van der Waals surface area (Å²) in [6.07, 6.45) is 4.90. The van der Waals surface area contributed by atoms with Crippen molar-refractivity contribution in [3.05, 3.63) is 17.5 Å². The number of nitrogens with zero attached hydrogens (tertiary/aromatic N) is 3. The smallest absolute Gasteiger partial charge is 0.257 e. The summed E-state index contributed by atoms with van der Waals surface area (Å²) in [6.45, 7) is 8.03. The van der Waals surface area contributed by atoms with E-state index in [0.29, 0.717) is 24.9 Å². The lowest BCUT2D eigenvalue weighted by Gasteiger charge is -2.21. The number of hydrogen-bond acceptors (Lipinski definition) is 3. The Labute approximate surface area is 137 Å². The van der Waals surface area contributed by atoms with Crippen LogP contribution < -0.4 is 5.32 Å². The zero-order valence-corrected chi connectivity index (χ0v) is 14.2. The molecule has 2 unspecified atom stereocenters. The van der Waals surface area contributed by atoms with Gasteiger partial charge in [0.15, 0.2) is 0 Å². The van der Waals surface area contributed by atoms with Crippen molar-refractivity contribution in [3.63, 3.8) is 0 Å². The predicted octanol–water partition coefficient (Wildman–Crippen LogP) is 1.45. The molecule has 1 fully saturated rings. The van der Waals surface area contributed by atoms with Crippen LogP contribution in [-0.2, 0) is 17.8 Å². The Balaban J connectivity index is 1.78. The summed E-state index contributed by atoms with van der Waals surface area (Å²) in [5.41, 5.74) is 1.82. The minimum absolute atomic E-state index is 0.0298. The van der Waals surface area contributed by atoms with E-state index in [1.807, 2.05) is 9.58 Å². The Morgan fingerprint density at radius 3 is 2.78 bits per heavy atom. The summed E-state index contributed by atoms with van der Waals surface area (Å²) in [5.74, 6) is 0.754. The number of carbonyl (C=O) groups is 2. The first-order valence-electron chi connectivity index (χ1n) is 8.58. The van der Waals surface area contributed by atoms with E-state index in [1.165, 1.54) is 6.92 Å². The molecule has 126 valence electrons. The van der Waals surface area contributed by atoms with E-state index < -0.39 is 0 Å². The Hall–Kier alpha value is -1.85. The van der Waals surface area contributed by atoms with Gasteiger partial charge in [-0.25, -0.2) is 0 Å². The van der Waals surface area contributed by atoms with Crippen LogP contribution in [0.5, 0.6) is 0 Å². The Morgan fingerprint density at radius 1 is 1.30 bits per heavy atom. The van der Waals surface area contributed by atoms with E-state index >= 15 is 0 Å². The number of carbonyl (C=O) groups excluding carboxylic acids is 2. The summed E-state index contributed by atoms with van der Waals surface area (Å²) in [5, 5.41) is 7.38. The summed E-state index contributed by atoms with van der Waals surface area (Å²) in [7, 11) is 0. The lowest BCUT2D eigenvalue weighted by molar-refractivity contribution is -0.119. The third-order valence-electron chi connectivity index (χ3n) is 5.11. The number of aromatic nitrogens is 2.